The fourth-order valence-corrected chi connectivity index (χ4v) is 3.61. The molecule has 1 aliphatic heterocycles. The van der Waals surface area contributed by atoms with Gasteiger partial charge in [-0.15, -0.1) is 0 Å². The number of nitrogens with zero attached hydrogens (tertiary/aromatic N) is 1. The van der Waals surface area contributed by atoms with Gasteiger partial charge in [-0.1, -0.05) is 6.92 Å². The van der Waals surface area contributed by atoms with Gasteiger partial charge in [0, 0.05) is 24.9 Å². The van der Waals surface area contributed by atoms with Crippen LogP contribution in [0.4, 0.5) is 0 Å². The molecule has 0 aliphatic carbocycles. The average Bonchev–Trinajstić information content (AvgIpc) is 2.36. The summed E-state index contributed by atoms with van der Waals surface area (Å²) in [5, 5.41) is 0.292. The molecule has 102 valence electrons. The number of rotatable bonds is 6. The first-order valence-electron chi connectivity index (χ1n) is 5.97. The maximum atomic E-state index is 12.0. The highest BCUT2D eigenvalue weighted by Crippen LogP contribution is 2.17. The van der Waals surface area contributed by atoms with Crippen molar-refractivity contribution >= 4 is 22.0 Å². The van der Waals surface area contributed by atoms with Gasteiger partial charge in [0.05, 0.1) is 0 Å². The highest BCUT2D eigenvalue weighted by Gasteiger charge is 2.28. The molecule has 2 unspecified atom stereocenters. The van der Waals surface area contributed by atoms with E-state index in [1.807, 2.05) is 13.2 Å². The largest absolute Gasteiger partial charge is 0.330 e. The molecule has 7 heteroatoms. The van der Waals surface area contributed by atoms with E-state index < -0.39 is 10.2 Å². The molecule has 1 heterocycles. The molecule has 17 heavy (non-hydrogen) atoms. The molecular weight excluding hydrogens is 258 g/mol. The molecule has 3 N–H and O–H groups in total. The van der Waals surface area contributed by atoms with Crippen LogP contribution in [0.5, 0.6) is 0 Å². The molecule has 1 saturated heterocycles. The first kappa shape index (κ1) is 15.2. The predicted octanol–water partition coefficient (Wildman–Crippen LogP) is 0.243. The van der Waals surface area contributed by atoms with Gasteiger partial charge < -0.3 is 5.73 Å². The van der Waals surface area contributed by atoms with E-state index in [0.29, 0.717) is 37.3 Å². The third-order valence-electron chi connectivity index (χ3n) is 3.11. The molecule has 0 spiro atoms. The summed E-state index contributed by atoms with van der Waals surface area (Å²) in [5.41, 5.74) is 5.61. The molecular formula is C10H23N3O2S2. The molecule has 1 aliphatic rings. The maximum Gasteiger partial charge on any atom is 0.279 e. The Morgan fingerprint density at radius 2 is 2.29 bits per heavy atom. The molecule has 1 rings (SSSR count). The van der Waals surface area contributed by atoms with Crippen LogP contribution in [0.2, 0.25) is 0 Å². The summed E-state index contributed by atoms with van der Waals surface area (Å²) >= 11 is 1.65. The van der Waals surface area contributed by atoms with Gasteiger partial charge in [-0.2, -0.15) is 24.5 Å². The van der Waals surface area contributed by atoms with E-state index in [1.54, 1.807) is 11.8 Å². The lowest BCUT2D eigenvalue weighted by molar-refractivity contribution is 0.269. The molecule has 0 aromatic heterocycles. The molecule has 5 nitrogen and oxygen atoms in total. The quantitative estimate of drug-likeness (QED) is 0.731. The van der Waals surface area contributed by atoms with Crippen LogP contribution in [0, 0.1) is 5.92 Å². The Bertz CT molecular complexity index is 322. The summed E-state index contributed by atoms with van der Waals surface area (Å²) < 4.78 is 28.3. The average molecular weight is 281 g/mol. The Hall–Kier alpha value is 0.180. The van der Waals surface area contributed by atoms with Crippen molar-refractivity contribution in [1.82, 2.24) is 9.03 Å². The minimum absolute atomic E-state index is 0.292. The van der Waals surface area contributed by atoms with Crippen LogP contribution in [0.25, 0.3) is 0 Å². The van der Waals surface area contributed by atoms with Crippen LogP contribution < -0.4 is 10.5 Å². The Morgan fingerprint density at radius 3 is 2.88 bits per heavy atom. The van der Waals surface area contributed by atoms with Gasteiger partial charge in [0.15, 0.2) is 0 Å². The molecule has 0 bridgehead atoms. The molecule has 0 aromatic rings. The first-order valence-corrected chi connectivity index (χ1v) is 8.70. The lowest BCUT2D eigenvalue weighted by Crippen LogP contribution is -2.48. The zero-order chi connectivity index (χ0) is 12.9. The van der Waals surface area contributed by atoms with Crippen LogP contribution in [-0.4, -0.2) is 50.4 Å². The fraction of sp³-hybridized carbons (Fsp3) is 1.00. The molecule has 1 fully saturated rings. The number of hydrogen-bond acceptors (Lipinski definition) is 4. The summed E-state index contributed by atoms with van der Waals surface area (Å²) in [5.74, 6) is 0.304. The zero-order valence-corrected chi connectivity index (χ0v) is 12.2. The van der Waals surface area contributed by atoms with Crippen molar-refractivity contribution in [2.75, 3.05) is 32.4 Å². The van der Waals surface area contributed by atoms with Gasteiger partial charge in [-0.05, 0) is 31.6 Å². The number of nitrogens with one attached hydrogen (secondary N) is 1. The summed E-state index contributed by atoms with van der Waals surface area (Å²) in [7, 11) is -3.32. The predicted molar refractivity (Wildman–Crippen MR) is 73.3 cm³/mol. The van der Waals surface area contributed by atoms with Gasteiger partial charge in [0.1, 0.15) is 0 Å². The highest BCUT2D eigenvalue weighted by molar-refractivity contribution is 7.99. The van der Waals surface area contributed by atoms with Crippen molar-refractivity contribution in [3.05, 3.63) is 0 Å². The van der Waals surface area contributed by atoms with Crippen molar-refractivity contribution in [3.63, 3.8) is 0 Å². The van der Waals surface area contributed by atoms with Crippen molar-refractivity contribution in [3.8, 4) is 0 Å². The lowest BCUT2D eigenvalue weighted by atomic mass is 10.0. The third kappa shape index (κ3) is 4.75. The van der Waals surface area contributed by atoms with Crippen molar-refractivity contribution in [2.24, 2.45) is 11.7 Å². The van der Waals surface area contributed by atoms with Gasteiger partial charge in [-0.3, -0.25) is 0 Å². The number of thioether (sulfide) groups is 1. The minimum Gasteiger partial charge on any atom is -0.330 e. The van der Waals surface area contributed by atoms with Crippen LogP contribution in [-0.2, 0) is 10.2 Å². The summed E-state index contributed by atoms with van der Waals surface area (Å²) in [6.45, 7) is 4.21. The first-order chi connectivity index (χ1) is 7.99. The van der Waals surface area contributed by atoms with E-state index in [4.69, 9.17) is 5.73 Å². The van der Waals surface area contributed by atoms with Crippen LogP contribution in [0.1, 0.15) is 19.8 Å². The van der Waals surface area contributed by atoms with E-state index >= 15 is 0 Å². The topological polar surface area (TPSA) is 75.4 Å². The van der Waals surface area contributed by atoms with E-state index in [1.165, 1.54) is 4.31 Å². The zero-order valence-electron chi connectivity index (χ0n) is 10.6. The Balaban J connectivity index is 2.51. The smallest absolute Gasteiger partial charge is 0.279 e. The van der Waals surface area contributed by atoms with Crippen molar-refractivity contribution in [2.45, 2.75) is 25.0 Å². The van der Waals surface area contributed by atoms with Crippen LogP contribution in [0.15, 0.2) is 0 Å². The Morgan fingerprint density at radius 1 is 1.59 bits per heavy atom. The standard InChI is InChI=1S/C10H23N3O2S2/c1-9(16-2)7-12-17(14,15)13-5-3-4-10(6-11)8-13/h9-10,12H,3-8,11H2,1-2H3. The van der Waals surface area contributed by atoms with Crippen LogP contribution in [0.3, 0.4) is 0 Å². The molecule has 2 atom stereocenters. The molecule has 0 radical (unpaired) electrons. The number of piperidine rings is 1. The fourth-order valence-electron chi connectivity index (χ4n) is 1.83. The second-order valence-corrected chi connectivity index (χ2v) is 7.53. The number of hydrogen-bond donors (Lipinski definition) is 2. The number of nitrogens with two attached hydrogens (primary N) is 1. The van der Waals surface area contributed by atoms with Crippen molar-refractivity contribution < 1.29 is 8.42 Å². The summed E-state index contributed by atoms with van der Waals surface area (Å²) in [4.78, 5) is 0. The van der Waals surface area contributed by atoms with Crippen molar-refractivity contribution in [1.29, 1.82) is 0 Å². The summed E-state index contributed by atoms with van der Waals surface area (Å²) in [6, 6.07) is 0. The van der Waals surface area contributed by atoms with E-state index in [0.717, 1.165) is 12.8 Å². The Labute approximate surface area is 109 Å². The highest BCUT2D eigenvalue weighted by atomic mass is 32.2. The molecule has 0 saturated carbocycles. The molecule has 0 aromatic carbocycles. The second kappa shape index (κ2) is 6.94. The maximum absolute atomic E-state index is 12.0. The van der Waals surface area contributed by atoms with Gasteiger partial charge >= 0.3 is 0 Å². The van der Waals surface area contributed by atoms with Gasteiger partial charge in [0.2, 0.25) is 0 Å². The molecule has 0 amide bonds. The third-order valence-corrected chi connectivity index (χ3v) is 5.62. The second-order valence-electron chi connectivity index (χ2n) is 4.50. The van der Waals surface area contributed by atoms with E-state index in [2.05, 4.69) is 4.72 Å². The van der Waals surface area contributed by atoms with Crippen LogP contribution >= 0.6 is 11.8 Å². The van der Waals surface area contributed by atoms with Gasteiger partial charge in [0.25, 0.3) is 10.2 Å². The monoisotopic (exact) mass is 281 g/mol. The lowest BCUT2D eigenvalue weighted by Gasteiger charge is -2.31. The van der Waals surface area contributed by atoms with E-state index in [-0.39, 0.29) is 0 Å². The Kier molecular flexibility index (Phi) is 6.22. The minimum atomic E-state index is -3.32. The summed E-state index contributed by atoms with van der Waals surface area (Å²) in [6.07, 6.45) is 3.91. The normalized spacial score (nSPS) is 24.8. The van der Waals surface area contributed by atoms with E-state index in [9.17, 15) is 8.42 Å². The van der Waals surface area contributed by atoms with Gasteiger partial charge in [-0.25, -0.2) is 4.72 Å². The SMILES string of the molecule is CSC(C)CNS(=O)(=O)N1CCCC(CN)C1.